The smallest absolute Gasteiger partial charge is 0.227 e. The molecule has 1 heterocycles. The van der Waals surface area contributed by atoms with Gasteiger partial charge in [0, 0.05) is 36.3 Å². The average Bonchev–Trinajstić information content (AvgIpc) is 2.63. The number of hydrogen-bond acceptors (Lipinski definition) is 2. The van der Waals surface area contributed by atoms with Crippen molar-refractivity contribution >= 4 is 28.5 Å². The topological polar surface area (TPSA) is 23.6 Å². The normalized spacial score (nSPS) is 15.5. The third kappa shape index (κ3) is 5.05. The van der Waals surface area contributed by atoms with E-state index < -0.39 is 0 Å². The zero-order valence-electron chi connectivity index (χ0n) is 13.8. The molecule has 0 bridgehead atoms. The summed E-state index contributed by atoms with van der Waals surface area (Å²) in [4.78, 5) is 16.9. The molecule has 0 saturated carbocycles. The molecule has 0 unspecified atom stereocenters. The monoisotopic (exact) mass is 434 g/mol. The van der Waals surface area contributed by atoms with E-state index in [0.29, 0.717) is 6.42 Å². The van der Waals surface area contributed by atoms with Gasteiger partial charge in [0.05, 0.1) is 6.42 Å². The van der Waals surface area contributed by atoms with Crippen LogP contribution in [0.1, 0.15) is 11.1 Å². The largest absolute Gasteiger partial charge is 0.340 e. The van der Waals surface area contributed by atoms with Crippen molar-refractivity contribution in [2.45, 2.75) is 12.8 Å². The molecular weight excluding hydrogens is 411 g/mol. The molecule has 1 aliphatic rings. The standard InChI is InChI=1S/C20H23IN2O/c21-19-8-6-18(7-9-19)16-20(24)23-14-12-22(13-15-23)11-10-17-4-2-1-3-5-17/h1-9H,10-16H2. The van der Waals surface area contributed by atoms with Crippen LogP contribution in [-0.2, 0) is 17.6 Å². The van der Waals surface area contributed by atoms with Crippen molar-refractivity contribution in [1.29, 1.82) is 0 Å². The van der Waals surface area contributed by atoms with E-state index in [9.17, 15) is 4.79 Å². The van der Waals surface area contributed by atoms with Gasteiger partial charge in [-0.25, -0.2) is 0 Å². The van der Waals surface area contributed by atoms with Gasteiger partial charge >= 0.3 is 0 Å². The van der Waals surface area contributed by atoms with Gasteiger partial charge < -0.3 is 4.90 Å². The van der Waals surface area contributed by atoms with Crippen LogP contribution in [-0.4, -0.2) is 48.4 Å². The Kier molecular flexibility index (Phi) is 6.26. The molecule has 2 aromatic rings. The third-order valence-electron chi connectivity index (χ3n) is 4.55. The molecule has 126 valence electrons. The van der Waals surface area contributed by atoms with E-state index in [4.69, 9.17) is 0 Å². The van der Waals surface area contributed by atoms with Gasteiger partial charge in [0.2, 0.25) is 5.91 Å². The molecule has 0 atom stereocenters. The number of piperazine rings is 1. The van der Waals surface area contributed by atoms with E-state index in [1.54, 1.807) is 0 Å². The zero-order valence-corrected chi connectivity index (χ0v) is 16.0. The van der Waals surface area contributed by atoms with Crippen LogP contribution in [0, 0.1) is 3.57 Å². The molecule has 4 heteroatoms. The van der Waals surface area contributed by atoms with Crippen molar-refractivity contribution < 1.29 is 4.79 Å². The van der Waals surface area contributed by atoms with E-state index in [0.717, 1.165) is 44.7 Å². The predicted molar refractivity (Wildman–Crippen MR) is 106 cm³/mol. The van der Waals surface area contributed by atoms with Crippen molar-refractivity contribution in [1.82, 2.24) is 9.80 Å². The summed E-state index contributed by atoms with van der Waals surface area (Å²) in [6.07, 6.45) is 1.60. The summed E-state index contributed by atoms with van der Waals surface area (Å²) in [7, 11) is 0. The summed E-state index contributed by atoms with van der Waals surface area (Å²) in [5, 5.41) is 0. The number of benzene rings is 2. The Labute approximate surface area is 157 Å². The lowest BCUT2D eigenvalue weighted by atomic mass is 10.1. The maximum Gasteiger partial charge on any atom is 0.227 e. The molecule has 1 fully saturated rings. The van der Waals surface area contributed by atoms with E-state index >= 15 is 0 Å². The molecule has 3 nitrogen and oxygen atoms in total. The number of amides is 1. The van der Waals surface area contributed by atoms with Crippen LogP contribution < -0.4 is 0 Å². The number of nitrogens with zero attached hydrogens (tertiary/aromatic N) is 2. The number of hydrogen-bond donors (Lipinski definition) is 0. The Morgan fingerprint density at radius 2 is 1.54 bits per heavy atom. The number of rotatable bonds is 5. The van der Waals surface area contributed by atoms with Gasteiger partial charge in [-0.05, 0) is 52.3 Å². The summed E-state index contributed by atoms with van der Waals surface area (Å²) in [6, 6.07) is 18.8. The molecule has 0 spiro atoms. The van der Waals surface area contributed by atoms with Gasteiger partial charge in [-0.1, -0.05) is 42.5 Å². The number of halogens is 1. The first-order valence-corrected chi connectivity index (χ1v) is 9.57. The maximum absolute atomic E-state index is 12.4. The first-order chi connectivity index (χ1) is 11.7. The molecule has 24 heavy (non-hydrogen) atoms. The fourth-order valence-electron chi connectivity index (χ4n) is 3.04. The highest BCUT2D eigenvalue weighted by Crippen LogP contribution is 2.10. The second kappa shape index (κ2) is 8.62. The molecule has 1 amide bonds. The summed E-state index contributed by atoms with van der Waals surface area (Å²) in [5.74, 6) is 0.249. The van der Waals surface area contributed by atoms with Crippen LogP contribution in [0.15, 0.2) is 54.6 Å². The lowest BCUT2D eigenvalue weighted by Gasteiger charge is -2.34. The SMILES string of the molecule is O=C(Cc1ccc(I)cc1)N1CCN(CCc2ccccc2)CC1. The minimum absolute atomic E-state index is 0.249. The lowest BCUT2D eigenvalue weighted by Crippen LogP contribution is -2.49. The first-order valence-electron chi connectivity index (χ1n) is 8.49. The fraction of sp³-hybridized carbons (Fsp3) is 0.350. The second-order valence-corrected chi connectivity index (χ2v) is 7.51. The molecule has 1 aliphatic heterocycles. The molecule has 1 saturated heterocycles. The fourth-order valence-corrected chi connectivity index (χ4v) is 3.40. The highest BCUT2D eigenvalue weighted by atomic mass is 127. The molecule has 0 aliphatic carbocycles. The Balaban J connectivity index is 1.42. The van der Waals surface area contributed by atoms with Gasteiger partial charge in [0.1, 0.15) is 0 Å². The molecule has 2 aromatic carbocycles. The summed E-state index contributed by atoms with van der Waals surface area (Å²) in [6.45, 7) is 4.72. The van der Waals surface area contributed by atoms with Gasteiger partial charge in [-0.3, -0.25) is 9.69 Å². The number of carbonyl (C=O) groups is 1. The Morgan fingerprint density at radius 3 is 2.21 bits per heavy atom. The minimum Gasteiger partial charge on any atom is -0.340 e. The highest BCUT2D eigenvalue weighted by Gasteiger charge is 2.20. The van der Waals surface area contributed by atoms with Crippen LogP contribution in [0.2, 0.25) is 0 Å². The average molecular weight is 434 g/mol. The highest BCUT2D eigenvalue weighted by molar-refractivity contribution is 14.1. The van der Waals surface area contributed by atoms with Crippen molar-refractivity contribution in [3.63, 3.8) is 0 Å². The van der Waals surface area contributed by atoms with E-state index in [-0.39, 0.29) is 5.91 Å². The van der Waals surface area contributed by atoms with Gasteiger partial charge in [-0.2, -0.15) is 0 Å². The quantitative estimate of drug-likeness (QED) is 0.675. The van der Waals surface area contributed by atoms with E-state index in [1.165, 1.54) is 9.13 Å². The zero-order chi connectivity index (χ0) is 16.8. The summed E-state index contributed by atoms with van der Waals surface area (Å²) in [5.41, 5.74) is 2.49. The molecule has 3 rings (SSSR count). The van der Waals surface area contributed by atoms with Crippen molar-refractivity contribution in [2.75, 3.05) is 32.7 Å². The Bertz CT molecular complexity index is 649. The van der Waals surface area contributed by atoms with Crippen LogP contribution in [0.4, 0.5) is 0 Å². The van der Waals surface area contributed by atoms with Crippen LogP contribution in [0.5, 0.6) is 0 Å². The Morgan fingerprint density at radius 1 is 0.875 bits per heavy atom. The van der Waals surface area contributed by atoms with Crippen molar-refractivity contribution in [3.05, 3.63) is 69.3 Å². The molecular formula is C20H23IN2O. The maximum atomic E-state index is 12.4. The first kappa shape index (κ1) is 17.4. The Hall–Kier alpha value is -1.40. The van der Waals surface area contributed by atoms with Gasteiger partial charge in [0.25, 0.3) is 0 Å². The molecule has 0 aromatic heterocycles. The lowest BCUT2D eigenvalue weighted by molar-refractivity contribution is -0.132. The molecule has 0 radical (unpaired) electrons. The van der Waals surface area contributed by atoms with Crippen molar-refractivity contribution in [3.8, 4) is 0 Å². The summed E-state index contributed by atoms with van der Waals surface area (Å²) >= 11 is 2.29. The van der Waals surface area contributed by atoms with Crippen LogP contribution in [0.25, 0.3) is 0 Å². The third-order valence-corrected chi connectivity index (χ3v) is 5.27. The van der Waals surface area contributed by atoms with E-state index in [2.05, 4.69) is 82.1 Å². The van der Waals surface area contributed by atoms with Crippen molar-refractivity contribution in [2.24, 2.45) is 0 Å². The number of carbonyl (C=O) groups excluding carboxylic acids is 1. The van der Waals surface area contributed by atoms with Gasteiger partial charge in [0.15, 0.2) is 0 Å². The van der Waals surface area contributed by atoms with Crippen LogP contribution in [0.3, 0.4) is 0 Å². The minimum atomic E-state index is 0.249. The summed E-state index contributed by atoms with van der Waals surface area (Å²) < 4.78 is 1.20. The molecule has 0 N–H and O–H groups in total. The van der Waals surface area contributed by atoms with Gasteiger partial charge in [-0.15, -0.1) is 0 Å². The second-order valence-electron chi connectivity index (χ2n) is 6.26. The van der Waals surface area contributed by atoms with Crippen LogP contribution >= 0.6 is 22.6 Å². The van der Waals surface area contributed by atoms with E-state index in [1.807, 2.05) is 4.90 Å². The predicted octanol–water partition coefficient (Wildman–Crippen LogP) is 3.22.